The number of hydrogen-bond acceptors (Lipinski definition) is 4. The Morgan fingerprint density at radius 3 is 2.62 bits per heavy atom. The molecule has 0 fully saturated rings. The van der Waals surface area contributed by atoms with E-state index < -0.39 is 21.4 Å². The third-order valence-corrected chi connectivity index (χ3v) is 5.29. The van der Waals surface area contributed by atoms with E-state index in [1.165, 1.54) is 32.2 Å². The summed E-state index contributed by atoms with van der Waals surface area (Å²) in [5.41, 5.74) is -4.94. The predicted molar refractivity (Wildman–Crippen MR) is 81.4 cm³/mol. The number of nitrogens with one attached hydrogen (secondary N) is 1. The fourth-order valence-corrected chi connectivity index (χ4v) is 3.68. The van der Waals surface area contributed by atoms with Crippen LogP contribution >= 0.6 is 0 Å². The molecular formula is C14H17F3N2O4S. The number of halogens is 3. The average Bonchev–Trinajstić information content (AvgIpc) is 2.84. The second-order valence-corrected chi connectivity index (χ2v) is 7.23. The fourth-order valence-electron chi connectivity index (χ4n) is 2.63. The molecule has 0 bridgehead atoms. The molecule has 134 valence electrons. The zero-order valence-corrected chi connectivity index (χ0v) is 13.9. The second kappa shape index (κ2) is 6.50. The van der Waals surface area contributed by atoms with Gasteiger partial charge in [0.25, 0.3) is 0 Å². The maximum atomic E-state index is 12.9. The van der Waals surface area contributed by atoms with Crippen LogP contribution < -0.4 is 14.4 Å². The van der Waals surface area contributed by atoms with Gasteiger partial charge >= 0.3 is 15.5 Å². The Labute approximate surface area is 137 Å². The van der Waals surface area contributed by atoms with Crippen LogP contribution in [-0.2, 0) is 14.8 Å². The number of rotatable bonds is 5. The summed E-state index contributed by atoms with van der Waals surface area (Å²) in [4.78, 5) is 10.9. The van der Waals surface area contributed by atoms with Gasteiger partial charge in [-0.3, -0.25) is 9.10 Å². The minimum absolute atomic E-state index is 0.0130. The number of fused-ring (bicyclic) bond motifs is 1. The maximum Gasteiger partial charge on any atom is 0.516 e. The van der Waals surface area contributed by atoms with Crippen LogP contribution in [-0.4, -0.2) is 40.0 Å². The van der Waals surface area contributed by atoms with Gasteiger partial charge in [-0.1, -0.05) is 0 Å². The van der Waals surface area contributed by atoms with Crippen LogP contribution in [0, 0.1) is 0 Å². The quantitative estimate of drug-likeness (QED) is 0.865. The Morgan fingerprint density at radius 2 is 2.08 bits per heavy atom. The van der Waals surface area contributed by atoms with Crippen LogP contribution in [0.1, 0.15) is 24.8 Å². The van der Waals surface area contributed by atoms with Gasteiger partial charge in [0.05, 0.1) is 12.8 Å². The average molecular weight is 366 g/mol. The van der Waals surface area contributed by atoms with E-state index in [2.05, 4.69) is 5.32 Å². The highest BCUT2D eigenvalue weighted by Gasteiger charge is 2.52. The maximum absolute atomic E-state index is 12.9. The second-order valence-electron chi connectivity index (χ2n) is 5.38. The van der Waals surface area contributed by atoms with Gasteiger partial charge in [-0.15, -0.1) is 0 Å². The van der Waals surface area contributed by atoms with Gasteiger partial charge in [0.15, 0.2) is 0 Å². The number of alkyl halides is 3. The van der Waals surface area contributed by atoms with Crippen molar-refractivity contribution in [2.24, 2.45) is 0 Å². The van der Waals surface area contributed by atoms with Crippen molar-refractivity contribution >= 4 is 21.6 Å². The molecule has 1 heterocycles. The van der Waals surface area contributed by atoms with Crippen molar-refractivity contribution in [3.63, 3.8) is 0 Å². The molecule has 1 N–H and O–H groups in total. The Bertz CT molecular complexity index is 734. The van der Waals surface area contributed by atoms with Gasteiger partial charge in [0.2, 0.25) is 5.91 Å². The number of ether oxygens (including phenoxy) is 1. The Hall–Kier alpha value is -1.97. The molecular weight excluding hydrogens is 349 g/mol. The molecule has 0 saturated carbocycles. The van der Waals surface area contributed by atoms with E-state index in [-0.39, 0.29) is 24.7 Å². The Balaban J connectivity index is 2.37. The molecule has 0 radical (unpaired) electrons. The topological polar surface area (TPSA) is 75.7 Å². The van der Waals surface area contributed by atoms with Gasteiger partial charge in [-0.25, -0.2) is 0 Å². The van der Waals surface area contributed by atoms with Crippen LogP contribution in [0.15, 0.2) is 18.2 Å². The molecule has 1 aliphatic rings. The summed E-state index contributed by atoms with van der Waals surface area (Å²) in [5, 5.41) is 2.56. The number of amides is 1. The number of carbonyl (C=O) groups excluding carboxylic acids is 1. The highest BCUT2D eigenvalue weighted by atomic mass is 32.2. The molecule has 1 aliphatic heterocycles. The summed E-state index contributed by atoms with van der Waals surface area (Å²) in [6, 6.07) is 4.24. The molecule has 6 nitrogen and oxygen atoms in total. The fraction of sp³-hybridized carbons (Fsp3) is 0.500. The van der Waals surface area contributed by atoms with E-state index in [0.29, 0.717) is 22.0 Å². The van der Waals surface area contributed by atoms with Crippen LogP contribution in [0.25, 0.3) is 0 Å². The summed E-state index contributed by atoms with van der Waals surface area (Å²) in [5.74, 6) is -0.317. The minimum atomic E-state index is -5.48. The predicted octanol–water partition coefficient (Wildman–Crippen LogP) is 1.97. The Kier molecular flexibility index (Phi) is 4.97. The lowest BCUT2D eigenvalue weighted by molar-refractivity contribution is -0.118. The first kappa shape index (κ1) is 18.4. The number of hydrogen-bond donors (Lipinski definition) is 1. The molecule has 24 heavy (non-hydrogen) atoms. The number of methoxy groups -OCH3 is 1. The van der Waals surface area contributed by atoms with Crippen LogP contribution in [0.5, 0.6) is 5.75 Å². The van der Waals surface area contributed by atoms with Crippen LogP contribution in [0.4, 0.5) is 18.9 Å². The van der Waals surface area contributed by atoms with E-state index in [4.69, 9.17) is 4.74 Å². The van der Waals surface area contributed by atoms with E-state index in [9.17, 15) is 26.4 Å². The number of anilines is 1. The van der Waals surface area contributed by atoms with Gasteiger partial charge < -0.3 is 10.1 Å². The third kappa shape index (κ3) is 3.42. The number of nitrogens with zero attached hydrogens (tertiary/aromatic N) is 1. The third-order valence-electron chi connectivity index (χ3n) is 3.78. The molecule has 1 aromatic carbocycles. The largest absolute Gasteiger partial charge is 0.516 e. The smallest absolute Gasteiger partial charge is 0.497 e. The molecule has 10 heteroatoms. The number of carbonyl (C=O) groups is 1. The summed E-state index contributed by atoms with van der Waals surface area (Å²) >= 11 is 0. The Morgan fingerprint density at radius 1 is 1.42 bits per heavy atom. The van der Waals surface area contributed by atoms with Gasteiger partial charge in [-0.2, -0.15) is 21.6 Å². The molecule has 0 aliphatic carbocycles. The zero-order valence-electron chi connectivity index (χ0n) is 13.1. The van der Waals surface area contributed by atoms with E-state index in [1.807, 2.05) is 0 Å². The van der Waals surface area contributed by atoms with Crippen LogP contribution in [0.3, 0.4) is 0 Å². The summed E-state index contributed by atoms with van der Waals surface area (Å²) < 4.78 is 67.7. The highest BCUT2D eigenvalue weighted by Crippen LogP contribution is 2.44. The van der Waals surface area contributed by atoms with Crippen molar-refractivity contribution in [3.8, 4) is 5.75 Å². The summed E-state index contributed by atoms with van der Waals surface area (Å²) in [6.07, 6.45) is 0.309. The summed E-state index contributed by atoms with van der Waals surface area (Å²) in [7, 11) is -4.07. The van der Waals surface area contributed by atoms with Crippen molar-refractivity contribution in [1.29, 1.82) is 0 Å². The summed E-state index contributed by atoms with van der Waals surface area (Å²) in [6.45, 7) is 1.23. The van der Waals surface area contributed by atoms with Gasteiger partial charge in [0, 0.05) is 25.9 Å². The van der Waals surface area contributed by atoms with E-state index >= 15 is 0 Å². The van der Waals surface area contributed by atoms with Crippen molar-refractivity contribution < 1.29 is 31.1 Å². The lowest BCUT2D eigenvalue weighted by atomic mass is 9.97. The SMILES string of the molecule is COc1ccc2c(c1)C(CCNC(C)=O)CN2S(=O)(=O)C(F)(F)F. The standard InChI is InChI=1S/C14H17F3N2O4S/c1-9(20)18-6-5-10-8-19(24(21,22)14(15,16)17)13-4-3-11(23-2)7-12(10)13/h3-4,7,10H,5-6,8H2,1-2H3,(H,18,20). The van der Waals surface area contributed by atoms with E-state index in [0.717, 1.165) is 0 Å². The van der Waals surface area contributed by atoms with Gasteiger partial charge in [-0.05, 0) is 30.2 Å². The first-order chi connectivity index (χ1) is 11.1. The highest BCUT2D eigenvalue weighted by molar-refractivity contribution is 7.93. The molecule has 0 spiro atoms. The number of sulfonamides is 1. The molecule has 2 rings (SSSR count). The molecule has 1 amide bonds. The van der Waals surface area contributed by atoms with Crippen molar-refractivity contribution in [1.82, 2.24) is 5.32 Å². The first-order valence-electron chi connectivity index (χ1n) is 7.09. The van der Waals surface area contributed by atoms with Crippen LogP contribution in [0.2, 0.25) is 0 Å². The van der Waals surface area contributed by atoms with Crippen molar-refractivity contribution in [2.75, 3.05) is 24.5 Å². The lowest BCUT2D eigenvalue weighted by Gasteiger charge is -2.21. The van der Waals surface area contributed by atoms with Crippen molar-refractivity contribution in [2.45, 2.75) is 24.8 Å². The van der Waals surface area contributed by atoms with Gasteiger partial charge in [0.1, 0.15) is 5.75 Å². The molecule has 1 aromatic rings. The first-order valence-corrected chi connectivity index (χ1v) is 8.53. The lowest BCUT2D eigenvalue weighted by Crippen LogP contribution is -2.40. The normalized spacial score (nSPS) is 17.5. The van der Waals surface area contributed by atoms with E-state index in [1.54, 1.807) is 0 Å². The molecule has 0 saturated heterocycles. The minimum Gasteiger partial charge on any atom is -0.497 e. The monoisotopic (exact) mass is 366 g/mol. The zero-order chi connectivity index (χ0) is 18.1. The molecule has 1 unspecified atom stereocenters. The molecule has 1 atom stereocenters. The van der Waals surface area contributed by atoms with Crippen molar-refractivity contribution in [3.05, 3.63) is 23.8 Å². The molecule has 0 aromatic heterocycles. The number of benzene rings is 1.